The van der Waals surface area contributed by atoms with Gasteiger partial charge in [0.05, 0.1) is 4.90 Å². The molecule has 0 aliphatic heterocycles. The molecule has 0 spiro atoms. The smallest absolute Gasteiger partial charge is 0.243 e. The lowest BCUT2D eigenvalue weighted by Gasteiger charge is -2.15. The number of rotatable bonds is 7. The van der Waals surface area contributed by atoms with E-state index < -0.39 is 10.0 Å². The van der Waals surface area contributed by atoms with Crippen LogP contribution in [0.5, 0.6) is 0 Å². The highest BCUT2D eigenvalue weighted by molar-refractivity contribution is 7.89. The maximum Gasteiger partial charge on any atom is 0.243 e. The molecule has 2 unspecified atom stereocenters. The largest absolute Gasteiger partial charge is 0.310 e. The first-order valence-electron chi connectivity index (χ1n) is 7.08. The Balaban J connectivity index is 2.01. The summed E-state index contributed by atoms with van der Waals surface area (Å²) in [5.41, 5.74) is 0. The molecule has 20 heavy (non-hydrogen) atoms. The molecule has 0 radical (unpaired) electrons. The van der Waals surface area contributed by atoms with Crippen LogP contribution in [0.4, 0.5) is 0 Å². The molecule has 1 aromatic heterocycles. The number of hydrogen-bond acceptors (Lipinski definition) is 4. The van der Waals surface area contributed by atoms with E-state index in [-0.39, 0.29) is 0 Å². The predicted octanol–water partition coefficient (Wildman–Crippen LogP) is 2.52. The zero-order valence-electron chi connectivity index (χ0n) is 12.6. The third kappa shape index (κ3) is 3.81. The van der Waals surface area contributed by atoms with Gasteiger partial charge in [-0.15, -0.1) is 11.3 Å². The maximum atomic E-state index is 12.5. The second kappa shape index (κ2) is 6.13. The van der Waals surface area contributed by atoms with Crippen molar-refractivity contribution in [2.75, 3.05) is 13.6 Å². The Kier molecular flexibility index (Phi) is 4.89. The lowest BCUT2D eigenvalue weighted by Crippen LogP contribution is -2.29. The molecule has 1 aromatic rings. The van der Waals surface area contributed by atoms with Gasteiger partial charge in [0.25, 0.3) is 0 Å². The highest BCUT2D eigenvalue weighted by Crippen LogP contribution is 2.38. The number of hydrogen-bond donors (Lipinski definition) is 1. The normalized spacial score (nSPS) is 22.7. The fraction of sp³-hybridized carbons (Fsp3) is 0.714. The van der Waals surface area contributed by atoms with Crippen molar-refractivity contribution >= 4 is 21.4 Å². The van der Waals surface area contributed by atoms with Gasteiger partial charge in [-0.3, -0.25) is 0 Å². The number of sulfonamides is 1. The highest BCUT2D eigenvalue weighted by atomic mass is 32.2. The SMILES string of the molecule is CC(C)NCc1cc(S(=O)(=O)N(C)CC2CC2C)cs1. The molecule has 0 saturated heterocycles. The molecule has 0 aromatic carbocycles. The molecule has 1 heterocycles. The van der Waals surface area contributed by atoms with Gasteiger partial charge in [-0.25, -0.2) is 12.7 Å². The fourth-order valence-electron chi connectivity index (χ4n) is 2.15. The van der Waals surface area contributed by atoms with E-state index in [9.17, 15) is 8.42 Å². The molecule has 2 rings (SSSR count). The van der Waals surface area contributed by atoms with E-state index >= 15 is 0 Å². The molecule has 1 fully saturated rings. The van der Waals surface area contributed by atoms with Crippen molar-refractivity contribution in [1.82, 2.24) is 9.62 Å². The topological polar surface area (TPSA) is 49.4 Å². The van der Waals surface area contributed by atoms with Gasteiger partial charge in [-0.05, 0) is 24.3 Å². The van der Waals surface area contributed by atoms with E-state index in [1.165, 1.54) is 15.6 Å². The summed E-state index contributed by atoms with van der Waals surface area (Å²) in [7, 11) is -1.63. The Hall–Kier alpha value is -0.430. The van der Waals surface area contributed by atoms with Crippen LogP contribution in [0.2, 0.25) is 0 Å². The minimum Gasteiger partial charge on any atom is -0.310 e. The van der Waals surface area contributed by atoms with Gasteiger partial charge in [-0.2, -0.15) is 0 Å². The lowest BCUT2D eigenvalue weighted by atomic mass is 10.3. The van der Waals surface area contributed by atoms with E-state index in [0.717, 1.165) is 17.8 Å². The molecule has 6 heteroatoms. The van der Waals surface area contributed by atoms with Gasteiger partial charge in [-0.1, -0.05) is 20.8 Å². The monoisotopic (exact) mass is 316 g/mol. The van der Waals surface area contributed by atoms with E-state index in [2.05, 4.69) is 26.1 Å². The van der Waals surface area contributed by atoms with Crippen LogP contribution < -0.4 is 5.32 Å². The predicted molar refractivity (Wildman–Crippen MR) is 83.4 cm³/mol. The first kappa shape index (κ1) is 15.9. The van der Waals surface area contributed by atoms with Crippen molar-refractivity contribution in [2.45, 2.75) is 44.7 Å². The molecule has 1 saturated carbocycles. The second-order valence-electron chi connectivity index (χ2n) is 6.04. The summed E-state index contributed by atoms with van der Waals surface area (Å²) in [6.07, 6.45) is 1.15. The molecule has 2 atom stereocenters. The van der Waals surface area contributed by atoms with Gasteiger partial charge >= 0.3 is 0 Å². The number of thiophene rings is 1. The van der Waals surface area contributed by atoms with Crippen LogP contribution >= 0.6 is 11.3 Å². The molecule has 1 N–H and O–H groups in total. The maximum absolute atomic E-state index is 12.5. The molecule has 1 aliphatic rings. The van der Waals surface area contributed by atoms with Crippen LogP contribution in [0.25, 0.3) is 0 Å². The summed E-state index contributed by atoms with van der Waals surface area (Å²) in [4.78, 5) is 1.49. The number of nitrogens with one attached hydrogen (secondary N) is 1. The summed E-state index contributed by atoms with van der Waals surface area (Å²) in [5.74, 6) is 1.21. The Bertz CT molecular complexity index is 551. The Labute approximate surface area is 126 Å². The van der Waals surface area contributed by atoms with E-state index in [1.807, 2.05) is 0 Å². The first-order chi connectivity index (χ1) is 9.30. The zero-order valence-corrected chi connectivity index (χ0v) is 14.2. The third-order valence-electron chi connectivity index (χ3n) is 3.79. The van der Waals surface area contributed by atoms with Crippen molar-refractivity contribution in [1.29, 1.82) is 0 Å². The van der Waals surface area contributed by atoms with Gasteiger partial charge in [0.15, 0.2) is 0 Å². The van der Waals surface area contributed by atoms with Gasteiger partial charge < -0.3 is 5.32 Å². The minimum atomic E-state index is -3.32. The Morgan fingerprint density at radius 2 is 2.15 bits per heavy atom. The molecular formula is C14H24N2O2S2. The molecule has 114 valence electrons. The van der Waals surface area contributed by atoms with Crippen LogP contribution in [0.3, 0.4) is 0 Å². The van der Waals surface area contributed by atoms with Crippen LogP contribution in [0.15, 0.2) is 16.3 Å². The molecular weight excluding hydrogens is 292 g/mol. The van der Waals surface area contributed by atoms with Crippen molar-refractivity contribution in [3.63, 3.8) is 0 Å². The van der Waals surface area contributed by atoms with Gasteiger partial charge in [0, 0.05) is 36.4 Å². The summed E-state index contributed by atoms with van der Waals surface area (Å²) < 4.78 is 26.4. The summed E-state index contributed by atoms with van der Waals surface area (Å²) in [6, 6.07) is 2.19. The minimum absolute atomic E-state index is 0.399. The van der Waals surface area contributed by atoms with E-state index in [4.69, 9.17) is 0 Å². The molecule has 1 aliphatic carbocycles. The molecule has 0 amide bonds. The van der Waals surface area contributed by atoms with Crippen LogP contribution in [-0.4, -0.2) is 32.4 Å². The Morgan fingerprint density at radius 3 is 2.70 bits per heavy atom. The molecule has 4 nitrogen and oxygen atoms in total. The van der Waals surface area contributed by atoms with Crippen LogP contribution in [-0.2, 0) is 16.6 Å². The van der Waals surface area contributed by atoms with Crippen LogP contribution in [0.1, 0.15) is 32.1 Å². The quantitative estimate of drug-likeness (QED) is 0.841. The van der Waals surface area contributed by atoms with Crippen molar-refractivity contribution in [3.8, 4) is 0 Å². The van der Waals surface area contributed by atoms with Crippen molar-refractivity contribution < 1.29 is 8.42 Å². The third-order valence-corrected chi connectivity index (χ3v) is 6.68. The number of nitrogens with zero attached hydrogens (tertiary/aromatic N) is 1. The van der Waals surface area contributed by atoms with Gasteiger partial charge in [0.1, 0.15) is 0 Å². The van der Waals surface area contributed by atoms with E-state index in [0.29, 0.717) is 29.3 Å². The summed E-state index contributed by atoms with van der Waals surface area (Å²) in [6.45, 7) is 7.69. The lowest BCUT2D eigenvalue weighted by molar-refractivity contribution is 0.445. The average molecular weight is 316 g/mol. The zero-order chi connectivity index (χ0) is 14.9. The fourth-order valence-corrected chi connectivity index (χ4v) is 4.60. The van der Waals surface area contributed by atoms with E-state index in [1.54, 1.807) is 18.5 Å². The second-order valence-corrected chi connectivity index (χ2v) is 9.08. The van der Waals surface area contributed by atoms with Crippen molar-refractivity contribution in [3.05, 3.63) is 16.3 Å². The highest BCUT2D eigenvalue weighted by Gasteiger charge is 2.36. The van der Waals surface area contributed by atoms with Gasteiger partial charge in [0.2, 0.25) is 10.0 Å². The summed E-state index contributed by atoms with van der Waals surface area (Å²) >= 11 is 1.50. The standard InChI is InChI=1S/C14H24N2O2S2/c1-10(2)15-7-13-6-14(9-19-13)20(17,18)16(4)8-12-5-11(12)3/h6,9-12,15H,5,7-8H2,1-4H3. The summed E-state index contributed by atoms with van der Waals surface area (Å²) in [5, 5.41) is 5.06. The van der Waals surface area contributed by atoms with Crippen LogP contribution in [0, 0.1) is 11.8 Å². The Morgan fingerprint density at radius 1 is 1.50 bits per heavy atom. The van der Waals surface area contributed by atoms with Crippen molar-refractivity contribution in [2.24, 2.45) is 11.8 Å². The average Bonchev–Trinajstić information content (AvgIpc) is 2.89. The first-order valence-corrected chi connectivity index (χ1v) is 9.39. The molecule has 0 bridgehead atoms.